The van der Waals surface area contributed by atoms with E-state index in [9.17, 15) is 4.39 Å². The van der Waals surface area contributed by atoms with Gasteiger partial charge >= 0.3 is 0 Å². The normalized spacial score (nSPS) is 12.3. The zero-order valence-electron chi connectivity index (χ0n) is 10.9. The first-order valence-corrected chi connectivity index (χ1v) is 8.05. The molecule has 20 heavy (non-hydrogen) atoms. The van der Waals surface area contributed by atoms with Gasteiger partial charge in [0.1, 0.15) is 5.82 Å². The second-order valence-corrected chi connectivity index (χ2v) is 6.29. The van der Waals surface area contributed by atoms with Gasteiger partial charge in [0.05, 0.1) is 4.47 Å². The van der Waals surface area contributed by atoms with Gasteiger partial charge in [-0.05, 0) is 46.1 Å². The highest BCUT2D eigenvalue weighted by Crippen LogP contribution is 2.24. The van der Waals surface area contributed by atoms with Gasteiger partial charge in [-0.1, -0.05) is 30.3 Å². The van der Waals surface area contributed by atoms with Crippen molar-refractivity contribution in [3.8, 4) is 0 Å². The van der Waals surface area contributed by atoms with Crippen LogP contribution >= 0.6 is 27.7 Å². The summed E-state index contributed by atoms with van der Waals surface area (Å²) in [6, 6.07) is 15.3. The van der Waals surface area contributed by atoms with Crippen LogP contribution in [0.2, 0.25) is 0 Å². The number of rotatable bonds is 6. The summed E-state index contributed by atoms with van der Waals surface area (Å²) in [5.74, 6) is 6.18. The van der Waals surface area contributed by atoms with Crippen molar-refractivity contribution in [1.29, 1.82) is 0 Å². The summed E-state index contributed by atoms with van der Waals surface area (Å²) in [6.07, 6.45) is 0.675. The number of hydrazine groups is 1. The van der Waals surface area contributed by atoms with Gasteiger partial charge in [0.2, 0.25) is 0 Å². The molecular weight excluding hydrogens is 339 g/mol. The van der Waals surface area contributed by atoms with Crippen LogP contribution in [0.3, 0.4) is 0 Å². The molecule has 0 bridgehead atoms. The molecule has 3 N–H and O–H groups in total. The highest BCUT2D eigenvalue weighted by molar-refractivity contribution is 9.10. The summed E-state index contributed by atoms with van der Waals surface area (Å²) in [5.41, 5.74) is 3.72. The number of nitrogens with two attached hydrogens (primary N) is 1. The minimum atomic E-state index is -0.242. The fourth-order valence-electron chi connectivity index (χ4n) is 1.85. The number of halogens is 2. The molecule has 0 saturated carbocycles. The van der Waals surface area contributed by atoms with E-state index in [4.69, 9.17) is 5.84 Å². The molecule has 0 aromatic heterocycles. The van der Waals surface area contributed by atoms with Crippen molar-refractivity contribution in [2.75, 3.05) is 5.75 Å². The number of thioether (sulfide) groups is 1. The van der Waals surface area contributed by atoms with Crippen LogP contribution in [0.1, 0.15) is 5.56 Å². The van der Waals surface area contributed by atoms with Crippen LogP contribution in [-0.2, 0) is 6.42 Å². The standard InChI is InChI=1S/C15H16BrFN2S/c16-15-11(5-4-8-14(15)17)9-12(19-18)10-20-13-6-2-1-3-7-13/h1-8,12,19H,9-10,18H2. The predicted octanol–water partition coefficient (Wildman–Crippen LogP) is 3.75. The number of hydrogen-bond donors (Lipinski definition) is 2. The molecule has 0 aliphatic rings. The van der Waals surface area contributed by atoms with Gasteiger partial charge in [0.25, 0.3) is 0 Å². The lowest BCUT2D eigenvalue weighted by Crippen LogP contribution is -2.38. The van der Waals surface area contributed by atoms with Gasteiger partial charge < -0.3 is 0 Å². The Morgan fingerprint density at radius 1 is 1.15 bits per heavy atom. The van der Waals surface area contributed by atoms with E-state index in [0.717, 1.165) is 11.3 Å². The van der Waals surface area contributed by atoms with Crippen molar-refractivity contribution in [1.82, 2.24) is 5.43 Å². The monoisotopic (exact) mass is 354 g/mol. The van der Waals surface area contributed by atoms with E-state index >= 15 is 0 Å². The van der Waals surface area contributed by atoms with Crippen molar-refractivity contribution in [3.05, 3.63) is 64.4 Å². The van der Waals surface area contributed by atoms with Gasteiger partial charge in [-0.25, -0.2) is 4.39 Å². The Kier molecular flexibility index (Phi) is 6.04. The maximum Gasteiger partial charge on any atom is 0.137 e. The summed E-state index contributed by atoms with van der Waals surface area (Å²) in [7, 11) is 0. The third-order valence-electron chi connectivity index (χ3n) is 2.93. The maximum absolute atomic E-state index is 13.5. The Labute approximate surface area is 131 Å². The van der Waals surface area contributed by atoms with Crippen molar-refractivity contribution in [2.45, 2.75) is 17.4 Å². The molecule has 0 amide bonds. The molecule has 5 heteroatoms. The van der Waals surface area contributed by atoms with E-state index < -0.39 is 0 Å². The molecule has 1 atom stereocenters. The Morgan fingerprint density at radius 3 is 2.60 bits per heavy atom. The molecule has 2 rings (SSSR count). The second-order valence-electron chi connectivity index (χ2n) is 4.40. The van der Waals surface area contributed by atoms with Crippen LogP contribution in [0.4, 0.5) is 4.39 Å². The van der Waals surface area contributed by atoms with Crippen molar-refractivity contribution in [2.24, 2.45) is 5.84 Å². The van der Waals surface area contributed by atoms with Gasteiger partial charge in [-0.2, -0.15) is 0 Å². The fourth-order valence-corrected chi connectivity index (χ4v) is 3.23. The summed E-state index contributed by atoms with van der Waals surface area (Å²) >= 11 is 5.01. The Balaban J connectivity index is 1.97. The first-order chi connectivity index (χ1) is 9.70. The molecule has 0 fully saturated rings. The second kappa shape index (κ2) is 7.78. The summed E-state index contributed by atoms with van der Waals surface area (Å²) in [4.78, 5) is 1.20. The van der Waals surface area contributed by atoms with Crippen LogP contribution in [0.15, 0.2) is 57.9 Å². The van der Waals surface area contributed by atoms with Gasteiger partial charge in [0, 0.05) is 16.7 Å². The third kappa shape index (κ3) is 4.31. The molecule has 0 heterocycles. The minimum Gasteiger partial charge on any atom is -0.271 e. The van der Waals surface area contributed by atoms with Gasteiger partial charge in [0.15, 0.2) is 0 Å². The van der Waals surface area contributed by atoms with Gasteiger partial charge in [-0.3, -0.25) is 11.3 Å². The largest absolute Gasteiger partial charge is 0.271 e. The summed E-state index contributed by atoms with van der Waals surface area (Å²) in [6.45, 7) is 0. The lowest BCUT2D eigenvalue weighted by molar-refractivity contribution is 0.568. The zero-order chi connectivity index (χ0) is 14.4. The van der Waals surface area contributed by atoms with E-state index in [0.29, 0.717) is 10.9 Å². The molecule has 0 aliphatic heterocycles. The van der Waals surface area contributed by atoms with Crippen LogP contribution in [-0.4, -0.2) is 11.8 Å². The van der Waals surface area contributed by atoms with Crippen LogP contribution in [0, 0.1) is 5.82 Å². The van der Waals surface area contributed by atoms with E-state index in [-0.39, 0.29) is 11.9 Å². The number of benzene rings is 2. The van der Waals surface area contributed by atoms with Crippen LogP contribution in [0.25, 0.3) is 0 Å². The quantitative estimate of drug-likeness (QED) is 0.471. The smallest absolute Gasteiger partial charge is 0.137 e. The van der Waals surface area contributed by atoms with Crippen molar-refractivity contribution >= 4 is 27.7 Å². The van der Waals surface area contributed by atoms with Crippen LogP contribution < -0.4 is 11.3 Å². The average Bonchev–Trinajstić information content (AvgIpc) is 2.49. The predicted molar refractivity (Wildman–Crippen MR) is 86.1 cm³/mol. The molecule has 2 aromatic carbocycles. The van der Waals surface area contributed by atoms with E-state index in [2.05, 4.69) is 33.5 Å². The minimum absolute atomic E-state index is 0.0818. The molecule has 0 spiro atoms. The Bertz CT molecular complexity index is 551. The molecule has 0 saturated heterocycles. The van der Waals surface area contributed by atoms with E-state index in [1.54, 1.807) is 17.8 Å². The van der Waals surface area contributed by atoms with E-state index in [1.165, 1.54) is 11.0 Å². The highest BCUT2D eigenvalue weighted by atomic mass is 79.9. The molecule has 0 aliphatic carbocycles. The molecule has 2 nitrogen and oxygen atoms in total. The topological polar surface area (TPSA) is 38.0 Å². The maximum atomic E-state index is 13.5. The molecule has 1 unspecified atom stereocenters. The van der Waals surface area contributed by atoms with Crippen molar-refractivity contribution in [3.63, 3.8) is 0 Å². The van der Waals surface area contributed by atoms with E-state index in [1.807, 2.05) is 24.3 Å². The first-order valence-electron chi connectivity index (χ1n) is 6.27. The van der Waals surface area contributed by atoms with Crippen LogP contribution in [0.5, 0.6) is 0 Å². The fraction of sp³-hybridized carbons (Fsp3) is 0.200. The summed E-state index contributed by atoms with van der Waals surface area (Å²) < 4.78 is 14.0. The summed E-state index contributed by atoms with van der Waals surface area (Å²) in [5, 5.41) is 0. The van der Waals surface area contributed by atoms with Crippen molar-refractivity contribution < 1.29 is 4.39 Å². The zero-order valence-corrected chi connectivity index (χ0v) is 13.3. The molecule has 2 aromatic rings. The number of hydrogen-bond acceptors (Lipinski definition) is 3. The molecular formula is C15H16BrFN2S. The Hall–Kier alpha value is -0.880. The Morgan fingerprint density at radius 2 is 1.90 bits per heavy atom. The SMILES string of the molecule is NNC(CSc1ccccc1)Cc1cccc(F)c1Br. The number of nitrogens with one attached hydrogen (secondary N) is 1. The highest BCUT2D eigenvalue weighted by Gasteiger charge is 2.12. The molecule has 0 radical (unpaired) electrons. The molecule has 106 valence electrons. The van der Waals surface area contributed by atoms with Gasteiger partial charge in [-0.15, -0.1) is 11.8 Å². The first kappa shape index (κ1) is 15.5. The lowest BCUT2D eigenvalue weighted by Gasteiger charge is -2.16. The average molecular weight is 355 g/mol. The lowest BCUT2D eigenvalue weighted by atomic mass is 10.1. The third-order valence-corrected chi connectivity index (χ3v) is 4.99.